The van der Waals surface area contributed by atoms with E-state index >= 15 is 0 Å². The predicted molar refractivity (Wildman–Crippen MR) is 86.3 cm³/mol. The lowest BCUT2D eigenvalue weighted by molar-refractivity contribution is -0.115. The zero-order valence-electron chi connectivity index (χ0n) is 13.0. The van der Waals surface area contributed by atoms with Crippen molar-refractivity contribution in [1.82, 2.24) is 0 Å². The minimum Gasteiger partial charge on any atom is -0.388 e. The van der Waals surface area contributed by atoms with Crippen LogP contribution in [0.15, 0.2) is 18.2 Å². The minimum absolute atomic E-state index is 0.0451. The lowest BCUT2D eigenvalue weighted by atomic mass is 9.99. The molecule has 116 valence electrons. The van der Waals surface area contributed by atoms with Crippen LogP contribution in [0.1, 0.15) is 75.5 Å². The van der Waals surface area contributed by atoms with Gasteiger partial charge in [0.05, 0.1) is 12.5 Å². The fraction of sp³-hybridized carbons (Fsp3) is 0.611. The molecular formula is C18H27NO2. The number of rotatable bonds is 9. The average molecular weight is 289 g/mol. The number of hydrogen-bond acceptors (Lipinski definition) is 2. The number of amides is 1. The summed E-state index contributed by atoms with van der Waals surface area (Å²) >= 11 is 0. The van der Waals surface area contributed by atoms with Crippen LogP contribution < -0.4 is 5.32 Å². The monoisotopic (exact) mass is 289 g/mol. The van der Waals surface area contributed by atoms with Crippen LogP contribution in [-0.4, -0.2) is 11.0 Å². The quantitative estimate of drug-likeness (QED) is 0.664. The van der Waals surface area contributed by atoms with Crippen molar-refractivity contribution in [1.29, 1.82) is 0 Å². The van der Waals surface area contributed by atoms with Crippen LogP contribution in [-0.2, 0) is 11.2 Å². The number of hydrogen-bond donors (Lipinski definition) is 2. The van der Waals surface area contributed by atoms with E-state index < -0.39 is 6.10 Å². The molecule has 0 aliphatic carbocycles. The normalized spacial score (nSPS) is 14.9. The Morgan fingerprint density at radius 2 is 1.86 bits per heavy atom. The van der Waals surface area contributed by atoms with Gasteiger partial charge in [0.15, 0.2) is 0 Å². The Labute approximate surface area is 127 Å². The highest BCUT2D eigenvalue weighted by Crippen LogP contribution is 2.28. The summed E-state index contributed by atoms with van der Waals surface area (Å²) in [4.78, 5) is 11.3. The number of aliphatic hydroxyl groups excluding tert-OH is 1. The molecule has 3 nitrogen and oxygen atoms in total. The summed E-state index contributed by atoms with van der Waals surface area (Å²) in [5, 5.41) is 13.1. The van der Waals surface area contributed by atoms with E-state index in [2.05, 4.69) is 12.2 Å². The molecular weight excluding hydrogens is 262 g/mol. The molecule has 1 aliphatic rings. The highest BCUT2D eigenvalue weighted by molar-refractivity contribution is 5.99. The first-order valence-corrected chi connectivity index (χ1v) is 8.31. The summed E-state index contributed by atoms with van der Waals surface area (Å²) < 4.78 is 0. The molecule has 0 fully saturated rings. The Kier molecular flexibility index (Phi) is 6.24. The summed E-state index contributed by atoms with van der Waals surface area (Å²) in [5.74, 6) is 0.0451. The molecule has 2 rings (SSSR count). The van der Waals surface area contributed by atoms with E-state index in [1.165, 1.54) is 38.5 Å². The molecule has 0 aromatic heterocycles. The second-order valence-corrected chi connectivity index (χ2v) is 6.07. The number of carbonyl (C=O) groups excluding carboxylic acids is 1. The smallest absolute Gasteiger partial charge is 0.228 e. The van der Waals surface area contributed by atoms with Crippen molar-refractivity contribution in [2.24, 2.45) is 0 Å². The van der Waals surface area contributed by atoms with Gasteiger partial charge >= 0.3 is 0 Å². The second kappa shape index (κ2) is 8.18. The Hall–Kier alpha value is -1.35. The topological polar surface area (TPSA) is 49.3 Å². The van der Waals surface area contributed by atoms with E-state index in [9.17, 15) is 9.90 Å². The maximum atomic E-state index is 11.3. The molecule has 1 aromatic carbocycles. The maximum absolute atomic E-state index is 11.3. The Morgan fingerprint density at radius 1 is 1.14 bits per heavy atom. The van der Waals surface area contributed by atoms with E-state index in [1.54, 1.807) is 0 Å². The van der Waals surface area contributed by atoms with Gasteiger partial charge < -0.3 is 10.4 Å². The molecule has 0 saturated carbocycles. The number of benzene rings is 1. The summed E-state index contributed by atoms with van der Waals surface area (Å²) in [6, 6.07) is 5.80. The van der Waals surface area contributed by atoms with E-state index in [0.29, 0.717) is 6.42 Å². The number of nitrogens with one attached hydrogen (secondary N) is 1. The molecule has 2 N–H and O–H groups in total. The van der Waals surface area contributed by atoms with Crippen molar-refractivity contribution >= 4 is 11.6 Å². The fourth-order valence-corrected chi connectivity index (χ4v) is 2.92. The molecule has 1 unspecified atom stereocenters. The summed E-state index contributed by atoms with van der Waals surface area (Å²) in [7, 11) is 0. The zero-order chi connectivity index (χ0) is 15.1. The molecule has 3 heteroatoms. The third-order valence-corrected chi connectivity index (χ3v) is 4.22. The Bertz CT molecular complexity index is 470. The summed E-state index contributed by atoms with van der Waals surface area (Å²) in [5.41, 5.74) is 2.85. The lowest BCUT2D eigenvalue weighted by Gasteiger charge is -2.12. The molecule has 21 heavy (non-hydrogen) atoms. The molecule has 1 aliphatic heterocycles. The van der Waals surface area contributed by atoms with Gasteiger partial charge in [-0.3, -0.25) is 4.79 Å². The van der Waals surface area contributed by atoms with Gasteiger partial charge in [0.1, 0.15) is 0 Å². The molecule has 0 bridgehead atoms. The SMILES string of the molecule is CCCCCCCCCC(O)c1ccc2c(c1)CC(=O)N2. The first-order chi connectivity index (χ1) is 10.2. The van der Waals surface area contributed by atoms with Gasteiger partial charge in [-0.25, -0.2) is 0 Å². The number of fused-ring (bicyclic) bond motifs is 1. The van der Waals surface area contributed by atoms with E-state index in [-0.39, 0.29) is 5.91 Å². The standard InChI is InChI=1S/C18H27NO2/c1-2-3-4-5-6-7-8-9-17(20)14-10-11-16-15(12-14)13-18(21)19-16/h10-12,17,20H,2-9,13H2,1H3,(H,19,21). The Morgan fingerprint density at radius 3 is 2.62 bits per heavy atom. The molecule has 0 radical (unpaired) electrons. The number of unbranched alkanes of at least 4 members (excludes halogenated alkanes) is 6. The van der Waals surface area contributed by atoms with E-state index in [4.69, 9.17) is 0 Å². The van der Waals surface area contributed by atoms with Crippen LogP contribution in [0.2, 0.25) is 0 Å². The van der Waals surface area contributed by atoms with Crippen molar-refractivity contribution in [3.63, 3.8) is 0 Å². The molecule has 1 atom stereocenters. The third kappa shape index (κ3) is 4.85. The van der Waals surface area contributed by atoms with Crippen LogP contribution in [0.3, 0.4) is 0 Å². The number of anilines is 1. The van der Waals surface area contributed by atoms with Crippen molar-refractivity contribution in [3.05, 3.63) is 29.3 Å². The van der Waals surface area contributed by atoms with Crippen molar-refractivity contribution in [2.75, 3.05) is 5.32 Å². The molecule has 1 heterocycles. The van der Waals surface area contributed by atoms with Crippen molar-refractivity contribution < 1.29 is 9.90 Å². The van der Waals surface area contributed by atoms with Gasteiger partial charge in [0, 0.05) is 5.69 Å². The van der Waals surface area contributed by atoms with Crippen molar-refractivity contribution in [3.8, 4) is 0 Å². The van der Waals surface area contributed by atoms with Crippen LogP contribution in [0.4, 0.5) is 5.69 Å². The van der Waals surface area contributed by atoms with Gasteiger partial charge in [-0.05, 0) is 23.6 Å². The van der Waals surface area contributed by atoms with E-state index in [0.717, 1.165) is 29.7 Å². The molecule has 0 spiro atoms. The highest BCUT2D eigenvalue weighted by Gasteiger charge is 2.19. The first-order valence-electron chi connectivity index (χ1n) is 8.31. The highest BCUT2D eigenvalue weighted by atomic mass is 16.3. The Balaban J connectivity index is 1.70. The predicted octanol–water partition coefficient (Wildman–Crippen LogP) is 4.36. The maximum Gasteiger partial charge on any atom is 0.228 e. The lowest BCUT2D eigenvalue weighted by Crippen LogP contribution is -2.03. The molecule has 0 saturated heterocycles. The largest absolute Gasteiger partial charge is 0.388 e. The zero-order valence-corrected chi connectivity index (χ0v) is 13.0. The van der Waals surface area contributed by atoms with Crippen LogP contribution in [0.5, 0.6) is 0 Å². The average Bonchev–Trinajstić information content (AvgIpc) is 2.85. The summed E-state index contributed by atoms with van der Waals surface area (Å²) in [6.07, 6.45) is 9.67. The van der Waals surface area contributed by atoms with Gasteiger partial charge in [0.2, 0.25) is 5.91 Å². The minimum atomic E-state index is -0.401. The van der Waals surface area contributed by atoms with Crippen LogP contribution >= 0.6 is 0 Å². The van der Waals surface area contributed by atoms with Gasteiger partial charge in [-0.15, -0.1) is 0 Å². The number of aliphatic hydroxyl groups is 1. The summed E-state index contributed by atoms with van der Waals surface area (Å²) in [6.45, 7) is 2.23. The van der Waals surface area contributed by atoms with Gasteiger partial charge in [-0.1, -0.05) is 64.0 Å². The van der Waals surface area contributed by atoms with Gasteiger partial charge in [0.25, 0.3) is 0 Å². The van der Waals surface area contributed by atoms with Gasteiger partial charge in [-0.2, -0.15) is 0 Å². The third-order valence-electron chi connectivity index (χ3n) is 4.22. The fourth-order valence-electron chi connectivity index (χ4n) is 2.92. The molecule has 1 amide bonds. The second-order valence-electron chi connectivity index (χ2n) is 6.07. The van der Waals surface area contributed by atoms with E-state index in [1.807, 2.05) is 18.2 Å². The molecule has 1 aromatic rings. The van der Waals surface area contributed by atoms with Crippen LogP contribution in [0.25, 0.3) is 0 Å². The van der Waals surface area contributed by atoms with Crippen molar-refractivity contribution in [2.45, 2.75) is 70.8 Å². The van der Waals surface area contributed by atoms with Crippen LogP contribution in [0, 0.1) is 0 Å². The number of carbonyl (C=O) groups is 1. The first kappa shape index (κ1) is 16.0.